The second kappa shape index (κ2) is 9.62. The number of primary amides is 1. The van der Waals surface area contributed by atoms with Crippen molar-refractivity contribution in [2.75, 3.05) is 27.2 Å². The van der Waals surface area contributed by atoms with Crippen LogP contribution in [0.2, 0.25) is 5.02 Å². The summed E-state index contributed by atoms with van der Waals surface area (Å²) in [5.41, 5.74) is 2.94. The lowest BCUT2D eigenvalue weighted by molar-refractivity contribution is -0.153. The number of aliphatic hydroxyl groups excluding tert-OH is 2. The van der Waals surface area contributed by atoms with Crippen LogP contribution in [0.15, 0.2) is 23.0 Å². The van der Waals surface area contributed by atoms with Crippen molar-refractivity contribution in [3.8, 4) is 5.75 Å². The third-order valence-corrected chi connectivity index (χ3v) is 9.56. The van der Waals surface area contributed by atoms with E-state index in [0.29, 0.717) is 17.0 Å². The Kier molecular flexibility index (Phi) is 6.82. The molecular weight excluding hydrogens is 526 g/mol. The zero-order chi connectivity index (χ0) is 28.5. The summed E-state index contributed by atoms with van der Waals surface area (Å²) in [4.78, 5) is 43.0. The van der Waals surface area contributed by atoms with Gasteiger partial charge in [-0.3, -0.25) is 19.3 Å². The van der Waals surface area contributed by atoms with Gasteiger partial charge in [-0.25, -0.2) is 0 Å². The van der Waals surface area contributed by atoms with Crippen molar-refractivity contribution in [1.82, 2.24) is 9.80 Å². The number of likely N-dealkylation sites (tertiary alicyclic amines) is 1. The highest BCUT2D eigenvalue weighted by Crippen LogP contribution is 2.53. The Bertz CT molecular complexity index is 1350. The molecule has 5 rings (SSSR count). The minimum atomic E-state index is -2.66. The second-order valence-corrected chi connectivity index (χ2v) is 11.7. The van der Waals surface area contributed by atoms with Crippen LogP contribution in [-0.4, -0.2) is 92.6 Å². The molecule has 0 aromatic heterocycles. The van der Waals surface area contributed by atoms with Crippen molar-refractivity contribution < 1.29 is 34.8 Å². The normalized spacial score (nSPS) is 31.0. The molecular formula is C28H34ClN3O7. The highest BCUT2D eigenvalue weighted by Gasteiger charge is 2.64. The quantitative estimate of drug-likeness (QED) is 0.337. The molecule has 4 aliphatic rings. The molecule has 1 aromatic carbocycles. The number of aliphatic hydroxyl groups is 3. The second-order valence-electron chi connectivity index (χ2n) is 11.3. The fraction of sp³-hybridized carbons (Fsp3) is 0.536. The van der Waals surface area contributed by atoms with Crippen molar-refractivity contribution in [1.29, 1.82) is 0 Å². The van der Waals surface area contributed by atoms with E-state index < -0.39 is 58.0 Å². The van der Waals surface area contributed by atoms with Crippen molar-refractivity contribution in [2.45, 2.75) is 56.7 Å². The predicted molar refractivity (Wildman–Crippen MR) is 143 cm³/mol. The molecule has 2 fully saturated rings. The molecule has 0 spiro atoms. The van der Waals surface area contributed by atoms with Crippen molar-refractivity contribution >= 4 is 34.8 Å². The van der Waals surface area contributed by atoms with E-state index in [1.165, 1.54) is 11.0 Å². The van der Waals surface area contributed by atoms with Crippen LogP contribution < -0.4 is 5.73 Å². The zero-order valence-electron chi connectivity index (χ0n) is 22.2. The van der Waals surface area contributed by atoms with E-state index in [1.807, 2.05) is 0 Å². The van der Waals surface area contributed by atoms with E-state index in [-0.39, 0.29) is 35.8 Å². The van der Waals surface area contributed by atoms with E-state index >= 15 is 0 Å². The molecule has 1 aliphatic heterocycles. The smallest absolute Gasteiger partial charge is 0.255 e. The molecule has 1 unspecified atom stereocenters. The number of phenolic OH excluding ortho intramolecular Hbond substituents is 1. The number of likely N-dealkylation sites (N-methyl/N-ethyl adjacent to an activating group) is 2. The Balaban J connectivity index is 1.63. The summed E-state index contributed by atoms with van der Waals surface area (Å²) in [6, 6.07) is 0.668. The Hall–Kier alpha value is -2.92. The van der Waals surface area contributed by atoms with Crippen LogP contribution in [0.25, 0.3) is 5.76 Å². The van der Waals surface area contributed by atoms with E-state index in [2.05, 4.69) is 11.8 Å². The van der Waals surface area contributed by atoms with E-state index in [1.54, 1.807) is 14.1 Å². The highest BCUT2D eigenvalue weighted by atomic mass is 35.5. The van der Waals surface area contributed by atoms with Gasteiger partial charge < -0.3 is 31.1 Å². The summed E-state index contributed by atoms with van der Waals surface area (Å²) in [5, 5.41) is 45.3. The van der Waals surface area contributed by atoms with Crippen LogP contribution in [0.5, 0.6) is 5.75 Å². The number of hydrogen-bond donors (Lipinski definition) is 5. The molecule has 1 saturated carbocycles. The molecule has 1 heterocycles. The first kappa shape index (κ1) is 27.6. The standard InChI is InChI=1S/C28H34ClN3O7/c1-4-32-7-5-6-14(32)8-13-11-17(33)19-15(21(13)29)9-12-10-16-22(31(2)3)24(35)20(27(30)38)26(37)28(16,39)25(36)18(12)23(19)34/h11-12,14,16,22,33-34,37,39H,4-10H2,1-3H3,(H2,30,38)/t12-,14?,16-,22-,28-/m0/s1. The number of fused-ring (bicyclic) bond motifs is 3. The van der Waals surface area contributed by atoms with Gasteiger partial charge in [0, 0.05) is 22.6 Å². The van der Waals surface area contributed by atoms with Gasteiger partial charge in [-0.2, -0.15) is 0 Å². The first-order valence-electron chi connectivity index (χ1n) is 13.3. The molecule has 39 heavy (non-hydrogen) atoms. The third kappa shape index (κ3) is 3.91. The molecule has 11 heteroatoms. The Morgan fingerprint density at radius 1 is 1.26 bits per heavy atom. The van der Waals surface area contributed by atoms with Crippen LogP contribution >= 0.6 is 11.6 Å². The molecule has 0 radical (unpaired) electrons. The SMILES string of the molecule is CCN1CCCC1Cc1cc(O)c2c(c1Cl)C[C@H]1C[C@H]3[C@H](N(C)C)C(=O)C(C(N)=O)=C(O)[C@@]3(O)C(=O)C1=C2O. The van der Waals surface area contributed by atoms with Crippen molar-refractivity contribution in [3.63, 3.8) is 0 Å². The number of nitrogens with zero attached hydrogens (tertiary/aromatic N) is 2. The fourth-order valence-corrected chi connectivity index (χ4v) is 7.60. The summed E-state index contributed by atoms with van der Waals surface area (Å²) in [6.45, 7) is 4.01. The lowest BCUT2D eigenvalue weighted by atomic mass is 9.57. The number of benzene rings is 1. The summed E-state index contributed by atoms with van der Waals surface area (Å²) in [6.07, 6.45) is 2.93. The minimum absolute atomic E-state index is 0.0128. The predicted octanol–water partition coefficient (Wildman–Crippen LogP) is 1.64. The van der Waals surface area contributed by atoms with Gasteiger partial charge >= 0.3 is 0 Å². The van der Waals surface area contributed by atoms with Gasteiger partial charge in [0.25, 0.3) is 5.91 Å². The monoisotopic (exact) mass is 559 g/mol. The minimum Gasteiger partial charge on any atom is -0.508 e. The number of halogens is 1. The average molecular weight is 560 g/mol. The number of carbonyl (C=O) groups is 3. The maximum Gasteiger partial charge on any atom is 0.255 e. The molecule has 6 N–H and O–H groups in total. The Morgan fingerprint density at radius 2 is 1.95 bits per heavy atom. The number of nitrogens with two attached hydrogens (primary N) is 1. The lowest BCUT2D eigenvalue weighted by Crippen LogP contribution is -2.65. The van der Waals surface area contributed by atoms with Crippen molar-refractivity contribution in [3.05, 3.63) is 44.7 Å². The molecule has 3 aliphatic carbocycles. The molecule has 5 atom stereocenters. The van der Waals surface area contributed by atoms with Gasteiger partial charge in [-0.15, -0.1) is 0 Å². The Labute approximate surface area is 231 Å². The van der Waals surface area contributed by atoms with Gasteiger partial charge in [-0.1, -0.05) is 18.5 Å². The van der Waals surface area contributed by atoms with Crippen LogP contribution in [0.3, 0.4) is 0 Å². The number of ketones is 2. The summed E-state index contributed by atoms with van der Waals surface area (Å²) in [7, 11) is 3.13. The van der Waals surface area contributed by atoms with Gasteiger partial charge in [0.05, 0.1) is 11.6 Å². The fourth-order valence-electron chi connectivity index (χ4n) is 7.29. The topological polar surface area (TPSA) is 165 Å². The summed E-state index contributed by atoms with van der Waals surface area (Å²) in [5.74, 6) is -6.73. The van der Waals surface area contributed by atoms with Crippen LogP contribution in [0.1, 0.15) is 42.9 Å². The largest absolute Gasteiger partial charge is 0.508 e. The third-order valence-electron chi connectivity index (χ3n) is 9.09. The van der Waals surface area contributed by atoms with Crippen LogP contribution in [0.4, 0.5) is 0 Å². The molecule has 10 nitrogen and oxygen atoms in total. The van der Waals surface area contributed by atoms with Gasteiger partial charge in [0.15, 0.2) is 11.4 Å². The molecule has 0 bridgehead atoms. The highest BCUT2D eigenvalue weighted by molar-refractivity contribution is 6.32. The van der Waals surface area contributed by atoms with Crippen LogP contribution in [-0.2, 0) is 27.2 Å². The van der Waals surface area contributed by atoms with E-state index in [9.17, 15) is 34.8 Å². The zero-order valence-corrected chi connectivity index (χ0v) is 23.0. The number of Topliss-reactive ketones (excluding diaryl/α,β-unsaturated/α-hetero) is 2. The molecule has 1 aromatic rings. The van der Waals surface area contributed by atoms with Gasteiger partial charge in [0.2, 0.25) is 5.78 Å². The van der Waals surface area contributed by atoms with Gasteiger partial charge in [0.1, 0.15) is 22.8 Å². The number of amides is 1. The number of aromatic hydroxyl groups is 1. The molecule has 1 amide bonds. The first-order valence-corrected chi connectivity index (χ1v) is 13.6. The van der Waals surface area contributed by atoms with Crippen molar-refractivity contribution in [2.24, 2.45) is 17.6 Å². The maximum absolute atomic E-state index is 13.9. The number of rotatable bonds is 5. The van der Waals surface area contributed by atoms with E-state index in [0.717, 1.165) is 31.5 Å². The maximum atomic E-state index is 13.9. The van der Waals surface area contributed by atoms with E-state index in [4.69, 9.17) is 17.3 Å². The van der Waals surface area contributed by atoms with Crippen LogP contribution in [0, 0.1) is 11.8 Å². The van der Waals surface area contributed by atoms with Gasteiger partial charge in [-0.05, 0) is 82.4 Å². The molecule has 1 saturated heterocycles. The first-order chi connectivity index (χ1) is 18.3. The number of phenols is 1. The lowest BCUT2D eigenvalue weighted by Gasteiger charge is -2.50. The molecule has 210 valence electrons. The Morgan fingerprint density at radius 3 is 2.56 bits per heavy atom. The number of hydrogen-bond acceptors (Lipinski definition) is 9. The average Bonchev–Trinajstić information content (AvgIpc) is 3.31. The number of carbonyl (C=O) groups excluding carboxylic acids is 3. The summed E-state index contributed by atoms with van der Waals surface area (Å²) >= 11 is 6.89. The summed E-state index contributed by atoms with van der Waals surface area (Å²) < 4.78 is 0.